The average Bonchev–Trinajstić information content (AvgIpc) is 2.37. The highest BCUT2D eigenvalue weighted by Crippen LogP contribution is 2.37. The van der Waals surface area contributed by atoms with E-state index < -0.39 is 23.6 Å². The van der Waals surface area contributed by atoms with E-state index in [4.69, 9.17) is 11.6 Å². The number of alkyl halides is 6. The van der Waals surface area contributed by atoms with Gasteiger partial charge in [0.05, 0.1) is 5.56 Å². The number of rotatable bonds is 1. The highest BCUT2D eigenvalue weighted by molar-refractivity contribution is 6.29. The normalized spacial score (nSPS) is 12.5. The Balaban J connectivity index is 2.52. The van der Waals surface area contributed by atoms with Gasteiger partial charge in [-0.05, 0) is 29.8 Å². The summed E-state index contributed by atoms with van der Waals surface area (Å²) in [5.41, 5.74) is -2.54. The average molecular weight is 326 g/mol. The number of benzene rings is 1. The van der Waals surface area contributed by atoms with Gasteiger partial charge in [0.2, 0.25) is 0 Å². The summed E-state index contributed by atoms with van der Waals surface area (Å²) in [4.78, 5) is 3.21. The van der Waals surface area contributed by atoms with E-state index in [0.29, 0.717) is 12.1 Å². The van der Waals surface area contributed by atoms with Crippen molar-refractivity contribution in [1.82, 2.24) is 4.98 Å². The van der Waals surface area contributed by atoms with Crippen molar-refractivity contribution in [1.29, 1.82) is 0 Å². The summed E-state index contributed by atoms with van der Waals surface area (Å²) < 4.78 is 75.9. The minimum Gasteiger partial charge on any atom is -0.231 e. The van der Waals surface area contributed by atoms with Gasteiger partial charge in [-0.1, -0.05) is 23.7 Å². The highest BCUT2D eigenvalue weighted by atomic mass is 35.5. The molecule has 0 saturated heterocycles. The van der Waals surface area contributed by atoms with Crippen LogP contribution in [0.25, 0.3) is 11.1 Å². The standard InChI is InChI=1S/C13H6ClF6N/c14-10-6-5-9(11(21-10)13(18,19)20)7-1-3-8(4-2-7)12(15,16)17/h1-6H. The Hall–Kier alpha value is -1.76. The molecule has 8 heteroatoms. The molecule has 1 aromatic carbocycles. The maximum atomic E-state index is 12.9. The third-order valence-corrected chi connectivity index (χ3v) is 2.86. The van der Waals surface area contributed by atoms with Gasteiger partial charge in [0.1, 0.15) is 5.15 Å². The quantitative estimate of drug-likeness (QED) is 0.502. The molecule has 0 aliphatic heterocycles. The van der Waals surface area contributed by atoms with Crippen LogP contribution in [0.1, 0.15) is 11.3 Å². The zero-order valence-corrected chi connectivity index (χ0v) is 10.8. The molecule has 0 fully saturated rings. The van der Waals surface area contributed by atoms with Crippen LogP contribution in [-0.4, -0.2) is 4.98 Å². The van der Waals surface area contributed by atoms with Gasteiger partial charge >= 0.3 is 12.4 Å². The molecule has 0 atom stereocenters. The molecular formula is C13H6ClF6N. The lowest BCUT2D eigenvalue weighted by Crippen LogP contribution is -2.10. The Morgan fingerprint density at radius 2 is 1.33 bits per heavy atom. The van der Waals surface area contributed by atoms with E-state index in [1.54, 1.807) is 0 Å². The Morgan fingerprint density at radius 1 is 0.762 bits per heavy atom. The molecule has 0 aliphatic carbocycles. The number of nitrogens with zero attached hydrogens (tertiary/aromatic N) is 1. The van der Waals surface area contributed by atoms with Crippen molar-refractivity contribution in [2.24, 2.45) is 0 Å². The molecule has 0 saturated carbocycles. The van der Waals surface area contributed by atoms with Gasteiger partial charge in [0.15, 0.2) is 5.69 Å². The molecule has 0 amide bonds. The summed E-state index contributed by atoms with van der Waals surface area (Å²) in [6, 6.07) is 5.56. The van der Waals surface area contributed by atoms with Gasteiger partial charge in [0, 0.05) is 5.56 Å². The molecule has 0 spiro atoms. The SMILES string of the molecule is FC(F)(F)c1ccc(-c2ccc(Cl)nc2C(F)(F)F)cc1. The van der Waals surface area contributed by atoms with Crippen molar-refractivity contribution in [3.8, 4) is 11.1 Å². The predicted octanol–water partition coefficient (Wildman–Crippen LogP) is 5.44. The summed E-state index contributed by atoms with van der Waals surface area (Å²) in [7, 11) is 0. The van der Waals surface area contributed by atoms with Crippen LogP contribution in [0.4, 0.5) is 26.3 Å². The lowest BCUT2D eigenvalue weighted by Gasteiger charge is -2.13. The number of halogens is 7. The fraction of sp³-hybridized carbons (Fsp3) is 0.154. The molecule has 2 rings (SSSR count). The molecule has 1 nitrogen and oxygen atoms in total. The smallest absolute Gasteiger partial charge is 0.231 e. The molecule has 1 aromatic heterocycles. The Morgan fingerprint density at radius 3 is 1.81 bits per heavy atom. The first kappa shape index (κ1) is 15.6. The molecule has 0 aliphatic rings. The summed E-state index contributed by atoms with van der Waals surface area (Å²) in [6.07, 6.45) is -9.31. The molecular weight excluding hydrogens is 320 g/mol. The van der Waals surface area contributed by atoms with Crippen LogP contribution in [-0.2, 0) is 12.4 Å². The van der Waals surface area contributed by atoms with Crippen LogP contribution in [0.5, 0.6) is 0 Å². The second-order valence-corrected chi connectivity index (χ2v) is 4.49. The van der Waals surface area contributed by atoms with E-state index in [-0.39, 0.29) is 16.3 Å². The van der Waals surface area contributed by atoms with Crippen molar-refractivity contribution < 1.29 is 26.3 Å². The van der Waals surface area contributed by atoms with E-state index in [2.05, 4.69) is 4.98 Å². The molecule has 0 bridgehead atoms. The number of pyridine rings is 1. The van der Waals surface area contributed by atoms with Crippen LogP contribution in [0.15, 0.2) is 36.4 Å². The van der Waals surface area contributed by atoms with Gasteiger partial charge in [-0.25, -0.2) is 4.98 Å². The number of hydrogen-bond acceptors (Lipinski definition) is 1. The van der Waals surface area contributed by atoms with E-state index in [1.165, 1.54) is 0 Å². The monoisotopic (exact) mass is 325 g/mol. The van der Waals surface area contributed by atoms with Gasteiger partial charge in [-0.3, -0.25) is 0 Å². The van der Waals surface area contributed by atoms with Crippen molar-refractivity contribution >= 4 is 11.6 Å². The van der Waals surface area contributed by atoms with Crippen LogP contribution >= 0.6 is 11.6 Å². The van der Waals surface area contributed by atoms with Crippen molar-refractivity contribution in [2.45, 2.75) is 12.4 Å². The summed E-state index contributed by atoms with van der Waals surface area (Å²) in [5.74, 6) is 0. The summed E-state index contributed by atoms with van der Waals surface area (Å²) in [5, 5.41) is -0.349. The molecule has 0 unspecified atom stereocenters. The van der Waals surface area contributed by atoms with Gasteiger partial charge in [-0.2, -0.15) is 26.3 Å². The first-order valence-corrected chi connectivity index (χ1v) is 5.88. The third-order valence-electron chi connectivity index (χ3n) is 2.65. The largest absolute Gasteiger partial charge is 0.434 e. The van der Waals surface area contributed by atoms with Crippen LogP contribution in [0.2, 0.25) is 5.15 Å². The second kappa shape index (κ2) is 5.22. The fourth-order valence-corrected chi connectivity index (χ4v) is 1.87. The summed E-state index contributed by atoms with van der Waals surface area (Å²) >= 11 is 5.44. The van der Waals surface area contributed by atoms with Crippen molar-refractivity contribution in [3.05, 3.63) is 52.8 Å². The Labute approximate surface area is 120 Å². The van der Waals surface area contributed by atoms with Crippen LogP contribution in [0, 0.1) is 0 Å². The Bertz CT molecular complexity index is 645. The minimum absolute atomic E-state index is 0.0282. The Kier molecular flexibility index (Phi) is 3.88. The topological polar surface area (TPSA) is 12.9 Å². The van der Waals surface area contributed by atoms with Gasteiger partial charge in [0.25, 0.3) is 0 Å². The third kappa shape index (κ3) is 3.47. The highest BCUT2D eigenvalue weighted by Gasteiger charge is 2.36. The lowest BCUT2D eigenvalue weighted by atomic mass is 10.0. The van der Waals surface area contributed by atoms with Crippen molar-refractivity contribution in [3.63, 3.8) is 0 Å². The zero-order valence-electron chi connectivity index (χ0n) is 10.1. The maximum Gasteiger partial charge on any atom is 0.434 e. The van der Waals surface area contributed by atoms with Crippen LogP contribution in [0.3, 0.4) is 0 Å². The molecule has 1 heterocycles. The molecule has 0 radical (unpaired) electrons. The molecule has 0 N–H and O–H groups in total. The van der Waals surface area contributed by atoms with Gasteiger partial charge < -0.3 is 0 Å². The molecule has 21 heavy (non-hydrogen) atoms. The minimum atomic E-state index is -4.76. The predicted molar refractivity (Wildman–Crippen MR) is 64.7 cm³/mol. The van der Waals surface area contributed by atoms with Crippen molar-refractivity contribution in [2.75, 3.05) is 0 Å². The van der Waals surface area contributed by atoms with E-state index in [1.807, 2.05) is 0 Å². The summed E-state index contributed by atoms with van der Waals surface area (Å²) in [6.45, 7) is 0. The zero-order chi connectivity index (χ0) is 15.8. The molecule has 112 valence electrons. The second-order valence-electron chi connectivity index (χ2n) is 4.10. The first-order chi connectivity index (χ1) is 9.59. The van der Waals surface area contributed by atoms with Crippen LogP contribution < -0.4 is 0 Å². The number of aromatic nitrogens is 1. The maximum absolute atomic E-state index is 12.9. The number of hydrogen-bond donors (Lipinski definition) is 0. The van der Waals surface area contributed by atoms with E-state index in [9.17, 15) is 26.3 Å². The van der Waals surface area contributed by atoms with E-state index in [0.717, 1.165) is 24.3 Å². The van der Waals surface area contributed by atoms with E-state index >= 15 is 0 Å². The lowest BCUT2D eigenvalue weighted by molar-refractivity contribution is -0.140. The molecule has 2 aromatic rings. The fourth-order valence-electron chi connectivity index (χ4n) is 1.72. The first-order valence-electron chi connectivity index (χ1n) is 5.50. The van der Waals surface area contributed by atoms with Gasteiger partial charge in [-0.15, -0.1) is 0 Å².